The number of hydrogen-bond donors (Lipinski definition) is 2. The van der Waals surface area contributed by atoms with Crippen LogP contribution in [-0.4, -0.2) is 17.1 Å². The minimum absolute atomic E-state index is 0.0293. The van der Waals surface area contributed by atoms with Gasteiger partial charge in [-0.1, -0.05) is 23.7 Å². The van der Waals surface area contributed by atoms with Gasteiger partial charge in [0.2, 0.25) is 11.8 Å². The molecule has 0 spiro atoms. The lowest BCUT2D eigenvalue weighted by molar-refractivity contribution is -0.121. The van der Waals surface area contributed by atoms with E-state index in [1.54, 1.807) is 0 Å². The summed E-state index contributed by atoms with van der Waals surface area (Å²) in [5.74, 6) is -0.136. The van der Waals surface area contributed by atoms with Crippen molar-refractivity contribution in [3.8, 4) is 0 Å². The van der Waals surface area contributed by atoms with E-state index in [9.17, 15) is 9.59 Å². The van der Waals surface area contributed by atoms with Crippen LogP contribution in [0.5, 0.6) is 0 Å². The molecule has 2 amide bonds. The number of carbonyl (C=O) groups is 2. The van der Waals surface area contributed by atoms with Crippen molar-refractivity contribution in [3.05, 3.63) is 59.1 Å². The third kappa shape index (κ3) is 6.11. The molecule has 132 valence electrons. The van der Waals surface area contributed by atoms with Crippen LogP contribution < -0.4 is 10.6 Å². The second-order valence-electron chi connectivity index (χ2n) is 5.75. The predicted octanol–water partition coefficient (Wildman–Crippen LogP) is 4.66. The molecular formula is C19H21ClN2O2S. The van der Waals surface area contributed by atoms with Crippen LogP contribution in [0.15, 0.2) is 53.4 Å². The van der Waals surface area contributed by atoms with Gasteiger partial charge in [0.15, 0.2) is 0 Å². The van der Waals surface area contributed by atoms with Crippen LogP contribution >= 0.6 is 23.4 Å². The Kier molecular flexibility index (Phi) is 6.91. The van der Waals surface area contributed by atoms with E-state index in [1.165, 1.54) is 18.7 Å². The third-order valence-corrected chi connectivity index (χ3v) is 4.95. The molecule has 2 atom stereocenters. The van der Waals surface area contributed by atoms with Gasteiger partial charge in [-0.15, -0.1) is 11.8 Å². The Bertz CT molecular complexity index is 732. The topological polar surface area (TPSA) is 58.2 Å². The van der Waals surface area contributed by atoms with E-state index in [0.29, 0.717) is 5.02 Å². The number of halogens is 1. The van der Waals surface area contributed by atoms with Crippen molar-refractivity contribution in [2.75, 3.05) is 5.32 Å². The largest absolute Gasteiger partial charge is 0.349 e. The standard InChI is InChI=1S/C19H21ClN2O2S/c1-12(15-4-6-16(20)7-5-15)21-19(24)13(2)25-18-10-8-17(9-11-18)22-14(3)23/h4-13H,1-3H3,(H,21,24)(H,22,23). The van der Waals surface area contributed by atoms with Crippen LogP contribution in [0.25, 0.3) is 0 Å². The minimum Gasteiger partial charge on any atom is -0.349 e. The monoisotopic (exact) mass is 376 g/mol. The zero-order valence-electron chi connectivity index (χ0n) is 14.4. The van der Waals surface area contributed by atoms with Gasteiger partial charge >= 0.3 is 0 Å². The first kappa shape index (κ1) is 19.3. The lowest BCUT2D eigenvalue weighted by Crippen LogP contribution is -2.33. The average molecular weight is 377 g/mol. The molecule has 0 aromatic heterocycles. The van der Waals surface area contributed by atoms with Crippen LogP contribution in [0.3, 0.4) is 0 Å². The molecule has 2 unspecified atom stereocenters. The number of carbonyl (C=O) groups excluding carboxylic acids is 2. The van der Waals surface area contributed by atoms with Crippen LogP contribution in [0.4, 0.5) is 5.69 Å². The second-order valence-corrected chi connectivity index (χ2v) is 7.60. The predicted molar refractivity (Wildman–Crippen MR) is 104 cm³/mol. The van der Waals surface area contributed by atoms with E-state index >= 15 is 0 Å². The van der Waals surface area contributed by atoms with Crippen molar-refractivity contribution >= 4 is 40.9 Å². The summed E-state index contributed by atoms with van der Waals surface area (Å²) in [5.41, 5.74) is 1.75. The molecule has 2 rings (SSSR count). The highest BCUT2D eigenvalue weighted by Crippen LogP contribution is 2.25. The molecule has 2 aromatic carbocycles. The highest BCUT2D eigenvalue weighted by atomic mass is 35.5. The smallest absolute Gasteiger partial charge is 0.233 e. The molecule has 0 aliphatic heterocycles. The number of thioether (sulfide) groups is 1. The third-order valence-electron chi connectivity index (χ3n) is 3.59. The molecule has 0 radical (unpaired) electrons. The highest BCUT2D eigenvalue weighted by Gasteiger charge is 2.17. The van der Waals surface area contributed by atoms with Gasteiger partial charge in [0.1, 0.15) is 0 Å². The van der Waals surface area contributed by atoms with E-state index in [0.717, 1.165) is 16.1 Å². The number of anilines is 1. The number of hydrogen-bond acceptors (Lipinski definition) is 3. The van der Waals surface area contributed by atoms with Gasteiger partial charge in [-0.3, -0.25) is 9.59 Å². The Hall–Kier alpha value is -1.98. The highest BCUT2D eigenvalue weighted by molar-refractivity contribution is 8.00. The van der Waals surface area contributed by atoms with E-state index in [-0.39, 0.29) is 23.1 Å². The Morgan fingerprint density at radius 2 is 1.60 bits per heavy atom. The van der Waals surface area contributed by atoms with Crippen LogP contribution in [0.2, 0.25) is 5.02 Å². The normalized spacial score (nSPS) is 13.0. The average Bonchev–Trinajstić information content (AvgIpc) is 2.56. The summed E-state index contributed by atoms with van der Waals surface area (Å²) in [5, 5.41) is 6.17. The summed E-state index contributed by atoms with van der Waals surface area (Å²) in [6, 6.07) is 14.8. The quantitative estimate of drug-likeness (QED) is 0.721. The molecule has 0 heterocycles. The lowest BCUT2D eigenvalue weighted by atomic mass is 10.1. The zero-order chi connectivity index (χ0) is 18.4. The number of amides is 2. The molecule has 25 heavy (non-hydrogen) atoms. The summed E-state index contributed by atoms with van der Waals surface area (Å²) in [6.45, 7) is 5.29. The molecule has 0 saturated carbocycles. The second kappa shape index (κ2) is 8.92. The van der Waals surface area contributed by atoms with Crippen molar-refractivity contribution in [1.82, 2.24) is 5.32 Å². The van der Waals surface area contributed by atoms with E-state index in [2.05, 4.69) is 10.6 Å². The number of nitrogens with one attached hydrogen (secondary N) is 2. The first-order chi connectivity index (χ1) is 11.8. The molecule has 0 bridgehead atoms. The van der Waals surface area contributed by atoms with Gasteiger partial charge in [-0.2, -0.15) is 0 Å². The molecule has 0 aliphatic rings. The van der Waals surface area contributed by atoms with Crippen molar-refractivity contribution < 1.29 is 9.59 Å². The zero-order valence-corrected chi connectivity index (χ0v) is 15.9. The maximum Gasteiger partial charge on any atom is 0.233 e. The van der Waals surface area contributed by atoms with Gasteiger partial charge in [0.25, 0.3) is 0 Å². The molecule has 2 aromatic rings. The maximum absolute atomic E-state index is 12.4. The number of benzene rings is 2. The van der Waals surface area contributed by atoms with Crippen molar-refractivity contribution in [3.63, 3.8) is 0 Å². The van der Waals surface area contributed by atoms with Crippen LogP contribution in [0.1, 0.15) is 32.4 Å². The maximum atomic E-state index is 12.4. The Morgan fingerprint density at radius 3 is 2.16 bits per heavy atom. The molecule has 6 heteroatoms. The summed E-state index contributed by atoms with van der Waals surface area (Å²) >= 11 is 7.36. The first-order valence-electron chi connectivity index (χ1n) is 7.95. The summed E-state index contributed by atoms with van der Waals surface area (Å²) < 4.78 is 0. The Balaban J connectivity index is 1.91. The molecule has 0 aliphatic carbocycles. The van der Waals surface area contributed by atoms with Crippen LogP contribution in [0, 0.1) is 0 Å². The number of rotatable bonds is 6. The van der Waals surface area contributed by atoms with Gasteiger partial charge in [0, 0.05) is 22.5 Å². The van der Waals surface area contributed by atoms with Crippen LogP contribution in [-0.2, 0) is 9.59 Å². The fourth-order valence-electron chi connectivity index (χ4n) is 2.24. The fourth-order valence-corrected chi connectivity index (χ4v) is 3.25. The lowest BCUT2D eigenvalue weighted by Gasteiger charge is -2.18. The van der Waals surface area contributed by atoms with Crippen molar-refractivity contribution in [1.29, 1.82) is 0 Å². The van der Waals surface area contributed by atoms with E-state index in [4.69, 9.17) is 11.6 Å². The van der Waals surface area contributed by atoms with Gasteiger partial charge < -0.3 is 10.6 Å². The summed E-state index contributed by atoms with van der Waals surface area (Å²) in [4.78, 5) is 24.4. The fraction of sp³-hybridized carbons (Fsp3) is 0.263. The van der Waals surface area contributed by atoms with Gasteiger partial charge in [-0.25, -0.2) is 0 Å². The van der Waals surface area contributed by atoms with E-state index in [1.807, 2.05) is 62.4 Å². The first-order valence-corrected chi connectivity index (χ1v) is 9.21. The van der Waals surface area contributed by atoms with E-state index < -0.39 is 0 Å². The molecule has 4 nitrogen and oxygen atoms in total. The summed E-state index contributed by atoms with van der Waals surface area (Å²) in [7, 11) is 0. The molecule has 2 N–H and O–H groups in total. The molecule has 0 fully saturated rings. The molecular weight excluding hydrogens is 356 g/mol. The Labute approximate surface area is 157 Å². The van der Waals surface area contributed by atoms with Crippen molar-refractivity contribution in [2.24, 2.45) is 0 Å². The van der Waals surface area contributed by atoms with Crippen molar-refractivity contribution in [2.45, 2.75) is 37.0 Å². The van der Waals surface area contributed by atoms with Gasteiger partial charge in [-0.05, 0) is 55.8 Å². The minimum atomic E-state index is -0.235. The molecule has 0 saturated heterocycles. The summed E-state index contributed by atoms with van der Waals surface area (Å²) in [6.07, 6.45) is 0. The Morgan fingerprint density at radius 1 is 1.00 bits per heavy atom. The SMILES string of the molecule is CC(=O)Nc1ccc(SC(C)C(=O)NC(C)c2ccc(Cl)cc2)cc1. The van der Waals surface area contributed by atoms with Gasteiger partial charge in [0.05, 0.1) is 11.3 Å².